The Morgan fingerprint density at radius 3 is 2.81 bits per heavy atom. The standard InChI is InChI=1S/C21H22N4O/c1-12(10-22)24-21(26)14-4-5-19-17(8-14)18-9-15-11-23-7-6-16(15)13(2)20(18)25(19)3/h4-9,11-12H,10,22H2,1-3H3,(H,24,26)/t12-/m1/s1. The number of rotatable bonds is 3. The second-order valence-electron chi connectivity index (χ2n) is 6.90. The third-order valence-corrected chi connectivity index (χ3v) is 5.14. The summed E-state index contributed by atoms with van der Waals surface area (Å²) < 4.78 is 2.20. The van der Waals surface area contributed by atoms with E-state index in [1.165, 1.54) is 16.5 Å². The van der Waals surface area contributed by atoms with Gasteiger partial charge in [-0.25, -0.2) is 0 Å². The number of carbonyl (C=O) groups excluding carboxylic acids is 1. The summed E-state index contributed by atoms with van der Waals surface area (Å²) in [4.78, 5) is 16.7. The highest BCUT2D eigenvalue weighted by Gasteiger charge is 2.16. The molecule has 0 saturated heterocycles. The zero-order valence-corrected chi connectivity index (χ0v) is 15.2. The van der Waals surface area contributed by atoms with Crippen LogP contribution in [0.3, 0.4) is 0 Å². The number of hydrogen-bond donors (Lipinski definition) is 2. The number of pyridine rings is 1. The van der Waals surface area contributed by atoms with E-state index in [0.29, 0.717) is 12.1 Å². The van der Waals surface area contributed by atoms with E-state index in [4.69, 9.17) is 5.73 Å². The molecule has 2 heterocycles. The molecule has 2 aromatic heterocycles. The monoisotopic (exact) mass is 346 g/mol. The van der Waals surface area contributed by atoms with Crippen LogP contribution in [0.15, 0.2) is 42.7 Å². The zero-order valence-electron chi connectivity index (χ0n) is 15.2. The van der Waals surface area contributed by atoms with Crippen molar-refractivity contribution in [2.75, 3.05) is 6.54 Å². The van der Waals surface area contributed by atoms with Gasteiger partial charge in [-0.15, -0.1) is 0 Å². The van der Waals surface area contributed by atoms with Gasteiger partial charge >= 0.3 is 0 Å². The summed E-state index contributed by atoms with van der Waals surface area (Å²) in [6.07, 6.45) is 3.71. The number of nitrogens with zero attached hydrogens (tertiary/aromatic N) is 2. The Bertz CT molecular complexity index is 1160. The molecular formula is C21H22N4O. The second kappa shape index (κ2) is 6.11. The third kappa shape index (κ3) is 2.44. The van der Waals surface area contributed by atoms with E-state index in [1.54, 1.807) is 0 Å². The minimum absolute atomic E-state index is 0.0528. The molecule has 1 atom stereocenters. The molecule has 1 amide bonds. The predicted molar refractivity (Wildman–Crippen MR) is 106 cm³/mol. The molecule has 0 unspecified atom stereocenters. The van der Waals surface area contributed by atoms with Crippen LogP contribution in [0.1, 0.15) is 22.8 Å². The highest BCUT2D eigenvalue weighted by atomic mass is 16.1. The lowest BCUT2D eigenvalue weighted by molar-refractivity contribution is 0.0941. The summed E-state index contributed by atoms with van der Waals surface area (Å²) in [5.74, 6) is -0.0963. The highest BCUT2D eigenvalue weighted by molar-refractivity contribution is 6.15. The van der Waals surface area contributed by atoms with Gasteiger partial charge in [-0.1, -0.05) is 0 Å². The quantitative estimate of drug-likeness (QED) is 0.598. The van der Waals surface area contributed by atoms with Crippen LogP contribution in [0.25, 0.3) is 32.6 Å². The molecule has 0 saturated carbocycles. The minimum atomic E-state index is -0.0963. The first-order chi connectivity index (χ1) is 12.5. The molecule has 0 fully saturated rings. The Morgan fingerprint density at radius 2 is 2.04 bits per heavy atom. The van der Waals surface area contributed by atoms with Crippen LogP contribution in [0, 0.1) is 6.92 Å². The van der Waals surface area contributed by atoms with E-state index < -0.39 is 0 Å². The lowest BCUT2D eigenvalue weighted by atomic mass is 10.0. The van der Waals surface area contributed by atoms with Crippen LogP contribution >= 0.6 is 0 Å². The number of amides is 1. The number of aromatic nitrogens is 2. The number of nitrogens with two attached hydrogens (primary N) is 1. The van der Waals surface area contributed by atoms with Crippen molar-refractivity contribution >= 4 is 38.5 Å². The summed E-state index contributed by atoms with van der Waals surface area (Å²) in [5.41, 5.74) is 9.78. The Kier molecular flexibility index (Phi) is 3.89. The van der Waals surface area contributed by atoms with Crippen LogP contribution in [-0.4, -0.2) is 28.0 Å². The maximum atomic E-state index is 12.5. The first-order valence-corrected chi connectivity index (χ1v) is 8.77. The smallest absolute Gasteiger partial charge is 0.251 e. The Morgan fingerprint density at radius 1 is 1.23 bits per heavy atom. The van der Waals surface area contributed by atoms with E-state index in [-0.39, 0.29) is 11.9 Å². The second-order valence-corrected chi connectivity index (χ2v) is 6.90. The molecule has 3 N–H and O–H groups in total. The molecule has 5 nitrogen and oxygen atoms in total. The Hall–Kier alpha value is -2.92. The molecule has 132 valence electrons. The van der Waals surface area contributed by atoms with E-state index in [0.717, 1.165) is 21.7 Å². The summed E-state index contributed by atoms with van der Waals surface area (Å²) >= 11 is 0. The minimum Gasteiger partial charge on any atom is -0.348 e. The SMILES string of the molecule is Cc1c2ccncc2cc2c3cc(C(=O)N[C@H](C)CN)ccc3n(C)c12. The van der Waals surface area contributed by atoms with Gasteiger partial charge in [0.15, 0.2) is 0 Å². The van der Waals surface area contributed by atoms with Crippen LogP contribution in [0.5, 0.6) is 0 Å². The fourth-order valence-electron chi connectivity index (χ4n) is 3.73. The number of fused-ring (bicyclic) bond motifs is 4. The van der Waals surface area contributed by atoms with Gasteiger partial charge in [0.05, 0.1) is 5.52 Å². The Balaban J connectivity index is 1.98. The zero-order chi connectivity index (χ0) is 18.4. The van der Waals surface area contributed by atoms with Crippen molar-refractivity contribution in [2.24, 2.45) is 12.8 Å². The average molecular weight is 346 g/mol. The van der Waals surface area contributed by atoms with Gasteiger partial charge in [0, 0.05) is 59.3 Å². The molecule has 0 bridgehead atoms. The topological polar surface area (TPSA) is 72.9 Å². The number of benzene rings is 2. The van der Waals surface area contributed by atoms with Gasteiger partial charge in [0.25, 0.3) is 5.91 Å². The van der Waals surface area contributed by atoms with Crippen LogP contribution in [0.2, 0.25) is 0 Å². The number of hydrogen-bond acceptors (Lipinski definition) is 3. The molecule has 0 aliphatic heterocycles. The molecule has 4 rings (SSSR count). The van der Waals surface area contributed by atoms with Crippen LogP contribution < -0.4 is 11.1 Å². The predicted octanol–water partition coefficient (Wildman–Crippen LogP) is 3.27. The molecule has 0 aliphatic carbocycles. The maximum absolute atomic E-state index is 12.5. The molecular weight excluding hydrogens is 324 g/mol. The molecule has 2 aromatic carbocycles. The van der Waals surface area contributed by atoms with Crippen molar-refractivity contribution in [1.29, 1.82) is 0 Å². The average Bonchev–Trinajstić information content (AvgIpc) is 2.94. The molecule has 0 aliphatic rings. The van der Waals surface area contributed by atoms with E-state index in [9.17, 15) is 4.79 Å². The summed E-state index contributed by atoms with van der Waals surface area (Å²) in [7, 11) is 2.07. The van der Waals surface area contributed by atoms with Crippen molar-refractivity contribution in [3.8, 4) is 0 Å². The van der Waals surface area contributed by atoms with Crippen molar-refractivity contribution in [3.63, 3.8) is 0 Å². The lowest BCUT2D eigenvalue weighted by Gasteiger charge is -2.11. The molecule has 4 aromatic rings. The summed E-state index contributed by atoms with van der Waals surface area (Å²) in [6.45, 7) is 4.46. The van der Waals surface area contributed by atoms with Gasteiger partial charge < -0.3 is 15.6 Å². The maximum Gasteiger partial charge on any atom is 0.251 e. The summed E-state index contributed by atoms with van der Waals surface area (Å²) in [5, 5.41) is 7.45. The first kappa shape index (κ1) is 16.5. The number of carbonyl (C=O) groups is 1. The Labute approximate surface area is 151 Å². The van der Waals surface area contributed by atoms with Crippen molar-refractivity contribution in [2.45, 2.75) is 19.9 Å². The van der Waals surface area contributed by atoms with Gasteiger partial charge in [-0.05, 0) is 55.1 Å². The van der Waals surface area contributed by atoms with E-state index in [2.05, 4.69) is 41.0 Å². The van der Waals surface area contributed by atoms with Crippen molar-refractivity contribution in [3.05, 3.63) is 53.9 Å². The van der Waals surface area contributed by atoms with E-state index >= 15 is 0 Å². The van der Waals surface area contributed by atoms with Crippen LogP contribution in [-0.2, 0) is 7.05 Å². The van der Waals surface area contributed by atoms with E-state index in [1.807, 2.05) is 37.5 Å². The molecule has 26 heavy (non-hydrogen) atoms. The fraction of sp³-hybridized carbons (Fsp3) is 0.238. The van der Waals surface area contributed by atoms with Gasteiger partial charge in [-0.2, -0.15) is 0 Å². The number of aryl methyl sites for hydroxylation is 2. The van der Waals surface area contributed by atoms with Gasteiger partial charge in [-0.3, -0.25) is 9.78 Å². The molecule has 0 radical (unpaired) electrons. The normalized spacial score (nSPS) is 12.8. The van der Waals surface area contributed by atoms with Crippen molar-refractivity contribution in [1.82, 2.24) is 14.9 Å². The number of nitrogens with one attached hydrogen (secondary N) is 1. The lowest BCUT2D eigenvalue weighted by Crippen LogP contribution is -2.37. The highest BCUT2D eigenvalue weighted by Crippen LogP contribution is 2.35. The largest absolute Gasteiger partial charge is 0.348 e. The third-order valence-electron chi connectivity index (χ3n) is 5.14. The van der Waals surface area contributed by atoms with Crippen molar-refractivity contribution < 1.29 is 4.79 Å². The van der Waals surface area contributed by atoms with Crippen LogP contribution in [0.4, 0.5) is 0 Å². The molecule has 5 heteroatoms. The summed E-state index contributed by atoms with van der Waals surface area (Å²) in [6, 6.07) is 10.0. The first-order valence-electron chi connectivity index (χ1n) is 8.77. The fourth-order valence-corrected chi connectivity index (χ4v) is 3.73. The van der Waals surface area contributed by atoms with Gasteiger partial charge in [0.1, 0.15) is 0 Å². The molecule has 0 spiro atoms. The van der Waals surface area contributed by atoms with Gasteiger partial charge in [0.2, 0.25) is 0 Å².